The molecule has 0 spiro atoms. The lowest BCUT2D eigenvalue weighted by Crippen LogP contribution is -2.38. The summed E-state index contributed by atoms with van der Waals surface area (Å²) < 4.78 is 5.32. The van der Waals surface area contributed by atoms with Crippen LogP contribution in [0.15, 0.2) is 30.7 Å². The van der Waals surface area contributed by atoms with Gasteiger partial charge in [-0.25, -0.2) is 9.97 Å². The summed E-state index contributed by atoms with van der Waals surface area (Å²) in [5, 5.41) is 3.13. The molecule has 2 aromatic rings. The Bertz CT molecular complexity index is 707. The second-order valence-electron chi connectivity index (χ2n) is 5.44. The molecule has 1 atom stereocenters. The van der Waals surface area contributed by atoms with Gasteiger partial charge in [0.25, 0.3) is 5.91 Å². The highest BCUT2D eigenvalue weighted by molar-refractivity contribution is 6.33. The lowest BCUT2D eigenvalue weighted by Gasteiger charge is -2.27. The van der Waals surface area contributed by atoms with Gasteiger partial charge in [-0.1, -0.05) is 11.6 Å². The summed E-state index contributed by atoms with van der Waals surface area (Å²) in [6.45, 7) is 4.51. The van der Waals surface area contributed by atoms with E-state index in [1.807, 2.05) is 24.0 Å². The van der Waals surface area contributed by atoms with Gasteiger partial charge in [0.15, 0.2) is 5.69 Å². The number of ether oxygens (including phenoxy) is 1. The van der Waals surface area contributed by atoms with Crippen LogP contribution in [-0.2, 0) is 4.74 Å². The van der Waals surface area contributed by atoms with E-state index < -0.39 is 0 Å². The lowest BCUT2D eigenvalue weighted by atomic mass is 10.1. The van der Waals surface area contributed by atoms with Gasteiger partial charge in [0.1, 0.15) is 0 Å². The Morgan fingerprint density at radius 2 is 2.04 bits per heavy atom. The summed E-state index contributed by atoms with van der Waals surface area (Å²) in [7, 11) is 0. The van der Waals surface area contributed by atoms with Crippen molar-refractivity contribution in [1.29, 1.82) is 0 Å². The Morgan fingerprint density at radius 1 is 1.33 bits per heavy atom. The molecule has 0 bridgehead atoms. The van der Waals surface area contributed by atoms with E-state index >= 15 is 0 Å². The first kappa shape index (κ1) is 16.6. The van der Waals surface area contributed by atoms with Crippen LogP contribution in [0.4, 0.5) is 5.95 Å². The zero-order chi connectivity index (χ0) is 16.9. The third kappa shape index (κ3) is 3.80. The molecular formula is C16H18ClN5O2. The summed E-state index contributed by atoms with van der Waals surface area (Å²) >= 11 is 6.12. The highest BCUT2D eigenvalue weighted by Crippen LogP contribution is 2.19. The van der Waals surface area contributed by atoms with E-state index in [1.165, 1.54) is 6.20 Å². The minimum absolute atomic E-state index is 0.175. The number of anilines is 1. The fraction of sp³-hybridized carbons (Fsp3) is 0.375. The van der Waals surface area contributed by atoms with Crippen LogP contribution in [0, 0.1) is 0 Å². The molecule has 8 heteroatoms. The zero-order valence-electron chi connectivity index (χ0n) is 13.3. The quantitative estimate of drug-likeness (QED) is 0.909. The van der Waals surface area contributed by atoms with Gasteiger partial charge in [0.05, 0.1) is 30.5 Å². The predicted molar refractivity (Wildman–Crippen MR) is 90.2 cm³/mol. The van der Waals surface area contributed by atoms with Crippen LogP contribution in [-0.4, -0.2) is 47.2 Å². The van der Waals surface area contributed by atoms with Crippen LogP contribution in [0.1, 0.15) is 29.0 Å². The molecule has 24 heavy (non-hydrogen) atoms. The summed E-state index contributed by atoms with van der Waals surface area (Å²) in [6, 6.07) is 3.52. The predicted octanol–water partition coefficient (Wildman–Crippen LogP) is 1.85. The maximum absolute atomic E-state index is 12.5. The number of nitrogens with zero attached hydrogens (tertiary/aromatic N) is 4. The summed E-state index contributed by atoms with van der Waals surface area (Å²) in [6.07, 6.45) is 4.84. The number of hydrogen-bond acceptors (Lipinski definition) is 6. The number of amides is 1. The van der Waals surface area contributed by atoms with Gasteiger partial charge in [-0.3, -0.25) is 9.78 Å². The Hall–Kier alpha value is -2.25. The molecule has 0 aromatic carbocycles. The second-order valence-corrected chi connectivity index (χ2v) is 5.85. The number of carbonyl (C=O) groups is 1. The van der Waals surface area contributed by atoms with E-state index in [0.717, 1.165) is 5.56 Å². The van der Waals surface area contributed by atoms with Crippen LogP contribution >= 0.6 is 11.6 Å². The first-order valence-electron chi connectivity index (χ1n) is 7.71. The molecule has 2 aromatic heterocycles. The van der Waals surface area contributed by atoms with Crippen molar-refractivity contribution in [3.8, 4) is 0 Å². The van der Waals surface area contributed by atoms with Crippen molar-refractivity contribution in [2.45, 2.75) is 13.0 Å². The monoisotopic (exact) mass is 347 g/mol. The van der Waals surface area contributed by atoms with Gasteiger partial charge in [0, 0.05) is 25.5 Å². The molecule has 3 heterocycles. The molecule has 1 amide bonds. The molecule has 0 radical (unpaired) electrons. The maximum atomic E-state index is 12.5. The van der Waals surface area contributed by atoms with Crippen LogP contribution in [0.5, 0.6) is 0 Å². The van der Waals surface area contributed by atoms with Gasteiger partial charge >= 0.3 is 0 Å². The third-order valence-electron chi connectivity index (χ3n) is 3.79. The first-order chi connectivity index (χ1) is 11.6. The van der Waals surface area contributed by atoms with E-state index in [-0.39, 0.29) is 22.7 Å². The van der Waals surface area contributed by atoms with Crippen molar-refractivity contribution >= 4 is 23.5 Å². The summed E-state index contributed by atoms with van der Waals surface area (Å²) in [5.41, 5.74) is 1.13. The number of rotatable bonds is 4. The molecule has 1 unspecified atom stereocenters. The van der Waals surface area contributed by atoms with Crippen LogP contribution < -0.4 is 10.2 Å². The van der Waals surface area contributed by atoms with Crippen LogP contribution in [0.25, 0.3) is 0 Å². The number of morpholine rings is 1. The highest BCUT2D eigenvalue weighted by Gasteiger charge is 2.20. The largest absolute Gasteiger partial charge is 0.378 e. The number of halogens is 1. The summed E-state index contributed by atoms with van der Waals surface area (Å²) in [4.78, 5) is 27.1. The molecule has 0 saturated carbocycles. The highest BCUT2D eigenvalue weighted by atomic mass is 35.5. The van der Waals surface area contributed by atoms with Crippen molar-refractivity contribution in [1.82, 2.24) is 20.3 Å². The molecule has 7 nitrogen and oxygen atoms in total. The topological polar surface area (TPSA) is 80.2 Å². The number of carbonyl (C=O) groups excluding carboxylic acids is 1. The van der Waals surface area contributed by atoms with Gasteiger partial charge in [-0.2, -0.15) is 0 Å². The molecule has 1 saturated heterocycles. The van der Waals surface area contributed by atoms with E-state index in [1.54, 1.807) is 12.4 Å². The minimum atomic E-state index is -0.332. The SMILES string of the molecule is CC(NC(=O)c1nc(N2CCOCC2)ncc1Cl)c1ccncc1. The molecule has 1 aliphatic rings. The van der Waals surface area contributed by atoms with Gasteiger partial charge in [0.2, 0.25) is 5.95 Å². The number of nitrogens with one attached hydrogen (secondary N) is 1. The Kier molecular flexibility index (Phi) is 5.22. The molecule has 126 valence electrons. The fourth-order valence-corrected chi connectivity index (χ4v) is 2.61. The molecule has 1 N–H and O–H groups in total. The van der Waals surface area contributed by atoms with Crippen LogP contribution in [0.3, 0.4) is 0 Å². The number of pyridine rings is 1. The minimum Gasteiger partial charge on any atom is -0.378 e. The van der Waals surface area contributed by atoms with Crippen molar-refractivity contribution < 1.29 is 9.53 Å². The zero-order valence-corrected chi connectivity index (χ0v) is 14.0. The van der Waals surface area contributed by atoms with Crippen molar-refractivity contribution in [2.24, 2.45) is 0 Å². The Balaban J connectivity index is 1.76. The fourth-order valence-electron chi connectivity index (χ4n) is 2.43. The molecular weight excluding hydrogens is 330 g/mol. The van der Waals surface area contributed by atoms with E-state index in [4.69, 9.17) is 16.3 Å². The lowest BCUT2D eigenvalue weighted by molar-refractivity contribution is 0.0934. The van der Waals surface area contributed by atoms with E-state index in [0.29, 0.717) is 32.3 Å². The van der Waals surface area contributed by atoms with Gasteiger partial charge < -0.3 is 15.0 Å². The van der Waals surface area contributed by atoms with Crippen molar-refractivity contribution in [3.63, 3.8) is 0 Å². The average molecular weight is 348 g/mol. The van der Waals surface area contributed by atoms with E-state index in [2.05, 4.69) is 20.3 Å². The summed E-state index contributed by atoms with van der Waals surface area (Å²) in [5.74, 6) is 0.158. The smallest absolute Gasteiger partial charge is 0.272 e. The third-order valence-corrected chi connectivity index (χ3v) is 4.07. The average Bonchev–Trinajstić information content (AvgIpc) is 2.63. The molecule has 1 aliphatic heterocycles. The first-order valence-corrected chi connectivity index (χ1v) is 8.09. The number of aromatic nitrogens is 3. The van der Waals surface area contributed by atoms with Crippen molar-refractivity contribution in [3.05, 3.63) is 47.0 Å². The molecule has 3 rings (SSSR count). The Labute approximate surface area is 145 Å². The van der Waals surface area contributed by atoms with Crippen LogP contribution in [0.2, 0.25) is 5.02 Å². The second kappa shape index (κ2) is 7.55. The van der Waals surface area contributed by atoms with E-state index in [9.17, 15) is 4.79 Å². The maximum Gasteiger partial charge on any atom is 0.272 e. The number of hydrogen-bond donors (Lipinski definition) is 1. The normalized spacial score (nSPS) is 15.8. The van der Waals surface area contributed by atoms with Gasteiger partial charge in [-0.05, 0) is 24.6 Å². The van der Waals surface area contributed by atoms with Gasteiger partial charge in [-0.15, -0.1) is 0 Å². The van der Waals surface area contributed by atoms with Crippen molar-refractivity contribution in [2.75, 3.05) is 31.2 Å². The Morgan fingerprint density at radius 3 is 2.75 bits per heavy atom. The standard InChI is InChI=1S/C16H18ClN5O2/c1-11(12-2-4-18-5-3-12)20-15(23)14-13(17)10-19-16(21-14)22-6-8-24-9-7-22/h2-5,10-11H,6-9H2,1H3,(H,20,23). The molecule has 0 aliphatic carbocycles. The molecule has 1 fully saturated rings.